The summed E-state index contributed by atoms with van der Waals surface area (Å²) in [6.45, 7) is 1.68. The van der Waals surface area contributed by atoms with Crippen molar-refractivity contribution in [3.63, 3.8) is 0 Å². The molecule has 4 rings (SSSR count). The van der Waals surface area contributed by atoms with E-state index in [-0.39, 0.29) is 30.4 Å². The normalized spacial score (nSPS) is 16.8. The number of methoxy groups -OCH3 is 2. The van der Waals surface area contributed by atoms with Gasteiger partial charge < -0.3 is 19.5 Å². The van der Waals surface area contributed by atoms with Gasteiger partial charge in [0, 0.05) is 16.7 Å². The van der Waals surface area contributed by atoms with Crippen molar-refractivity contribution in [2.45, 2.75) is 13.0 Å². The van der Waals surface area contributed by atoms with Gasteiger partial charge in [0.25, 0.3) is 0 Å². The Bertz CT molecular complexity index is 1140. The van der Waals surface area contributed by atoms with Crippen molar-refractivity contribution in [1.82, 2.24) is 4.90 Å². The third-order valence-electron chi connectivity index (χ3n) is 5.06. The number of rotatable bonds is 5. The number of fused-ring (bicyclic) bond motifs is 1. The number of carboxylic acids is 1. The van der Waals surface area contributed by atoms with Crippen molar-refractivity contribution in [2.75, 3.05) is 14.2 Å². The molecular weight excluding hydrogens is 530 g/mol. The van der Waals surface area contributed by atoms with Crippen molar-refractivity contribution >= 4 is 75.8 Å². The maximum atomic E-state index is 12.3. The number of aliphatic carboxylic acids is 1. The predicted molar refractivity (Wildman–Crippen MR) is 138 cm³/mol. The van der Waals surface area contributed by atoms with E-state index in [4.69, 9.17) is 32.7 Å². The summed E-state index contributed by atoms with van der Waals surface area (Å²) in [7, 11) is 3.08. The van der Waals surface area contributed by atoms with Crippen LogP contribution in [0, 0.1) is 0 Å². The first-order valence-corrected chi connectivity index (χ1v) is 10.8. The van der Waals surface area contributed by atoms with Crippen molar-refractivity contribution in [3.8, 4) is 11.5 Å². The van der Waals surface area contributed by atoms with Crippen molar-refractivity contribution < 1.29 is 19.4 Å². The van der Waals surface area contributed by atoms with Gasteiger partial charge in [0.05, 0.1) is 41.1 Å². The van der Waals surface area contributed by atoms with Crippen LogP contribution in [0.25, 0.3) is 4.91 Å². The number of allylic oxidation sites excluding steroid dienone is 1. The number of carbonyl (C=O) groups is 1. The van der Waals surface area contributed by atoms with Crippen LogP contribution in [0.5, 0.6) is 11.5 Å². The zero-order valence-electron chi connectivity index (χ0n) is 17.7. The Balaban J connectivity index is 0.00000193. The lowest BCUT2D eigenvalue weighted by Crippen LogP contribution is -2.34. The minimum Gasteiger partial charge on any atom is -0.496 e. The van der Waals surface area contributed by atoms with E-state index in [0.717, 1.165) is 4.91 Å². The van der Waals surface area contributed by atoms with Gasteiger partial charge in [0.1, 0.15) is 17.5 Å². The summed E-state index contributed by atoms with van der Waals surface area (Å²) in [5, 5.41) is 11.7. The number of carboxylic acid groups (broad SMARTS) is 1. The number of benzene rings is 2. The van der Waals surface area contributed by atoms with Gasteiger partial charge in [-0.2, -0.15) is 0 Å². The van der Waals surface area contributed by atoms with E-state index in [0.29, 0.717) is 43.5 Å². The van der Waals surface area contributed by atoms with E-state index >= 15 is 0 Å². The monoisotopic (exact) mass is 548 g/mol. The number of hydrogen-bond donors (Lipinski definition) is 1. The maximum Gasteiger partial charge on any atom is 0.335 e. The molecule has 0 bridgehead atoms. The van der Waals surface area contributed by atoms with Gasteiger partial charge in [-0.05, 0) is 43.0 Å². The second kappa shape index (κ2) is 10.9. The summed E-state index contributed by atoms with van der Waals surface area (Å²) in [6.07, 6.45) is 1.82. The molecule has 0 unspecified atom stereocenters. The highest BCUT2D eigenvalue weighted by Gasteiger charge is 2.42. The Morgan fingerprint density at radius 3 is 2.12 bits per heavy atom. The number of hydrogen-bond acceptors (Lipinski definition) is 6. The van der Waals surface area contributed by atoms with Crippen LogP contribution in [0.3, 0.4) is 0 Å². The molecule has 1 N–H and O–H groups in total. The SMILES string of the molecule is COc1cccc(OC)c1[C@@H]1C(C(=O)O)=C(C)N=C2SC(c3c(Cl)cccc3Cl)=CN21.Cl.Cl. The van der Waals surface area contributed by atoms with Gasteiger partial charge in [-0.1, -0.05) is 35.3 Å². The number of ether oxygens (including phenoxy) is 2. The molecule has 2 aliphatic heterocycles. The molecule has 33 heavy (non-hydrogen) atoms. The van der Waals surface area contributed by atoms with Gasteiger partial charge in [-0.3, -0.25) is 0 Å². The van der Waals surface area contributed by atoms with Crippen LogP contribution in [0.15, 0.2) is 58.9 Å². The summed E-state index contributed by atoms with van der Waals surface area (Å²) in [4.78, 5) is 19.4. The van der Waals surface area contributed by atoms with Crippen LogP contribution >= 0.6 is 59.8 Å². The second-order valence-corrected chi connectivity index (χ2v) is 8.60. The van der Waals surface area contributed by atoms with E-state index in [9.17, 15) is 9.90 Å². The van der Waals surface area contributed by atoms with Gasteiger partial charge in [-0.15, -0.1) is 24.8 Å². The van der Waals surface area contributed by atoms with Crippen LogP contribution in [0.4, 0.5) is 0 Å². The highest BCUT2D eigenvalue weighted by molar-refractivity contribution is 8.22. The number of amidine groups is 1. The molecule has 0 saturated heterocycles. The summed E-state index contributed by atoms with van der Waals surface area (Å²) >= 11 is 14.2. The fourth-order valence-corrected chi connectivity index (χ4v) is 5.56. The number of nitrogens with zero attached hydrogens (tertiary/aromatic N) is 2. The molecule has 2 aliphatic rings. The summed E-state index contributed by atoms with van der Waals surface area (Å²) in [5.41, 5.74) is 1.81. The fraction of sp³-hybridized carbons (Fsp3) is 0.182. The first-order chi connectivity index (χ1) is 14.9. The van der Waals surface area contributed by atoms with E-state index in [1.807, 2.05) is 6.20 Å². The van der Waals surface area contributed by atoms with E-state index in [1.165, 1.54) is 26.0 Å². The molecule has 0 amide bonds. The molecule has 11 heteroatoms. The number of thioether (sulfide) groups is 1. The topological polar surface area (TPSA) is 71.4 Å². The largest absolute Gasteiger partial charge is 0.496 e. The van der Waals surface area contributed by atoms with Crippen LogP contribution < -0.4 is 9.47 Å². The molecule has 2 heterocycles. The van der Waals surface area contributed by atoms with Crippen LogP contribution in [0.2, 0.25) is 10.0 Å². The minimum atomic E-state index is -1.07. The van der Waals surface area contributed by atoms with E-state index in [2.05, 4.69) is 4.99 Å². The van der Waals surface area contributed by atoms with Crippen LogP contribution in [-0.4, -0.2) is 35.4 Å². The molecule has 0 fully saturated rings. The Hall–Kier alpha value is -2.03. The Labute approximate surface area is 218 Å². The lowest BCUT2D eigenvalue weighted by molar-refractivity contribution is -0.133. The Morgan fingerprint density at radius 2 is 1.61 bits per heavy atom. The zero-order valence-corrected chi connectivity index (χ0v) is 21.6. The maximum absolute atomic E-state index is 12.3. The van der Waals surface area contributed by atoms with Crippen molar-refractivity contribution in [2.24, 2.45) is 4.99 Å². The molecule has 176 valence electrons. The van der Waals surface area contributed by atoms with Crippen molar-refractivity contribution in [3.05, 3.63) is 75.0 Å². The first-order valence-electron chi connectivity index (χ1n) is 9.23. The molecule has 6 nitrogen and oxygen atoms in total. The van der Waals surface area contributed by atoms with Gasteiger partial charge in [-0.25, -0.2) is 9.79 Å². The number of aliphatic imine (C=N–C) groups is 1. The summed E-state index contributed by atoms with van der Waals surface area (Å²) in [5.74, 6) is -0.0413. The smallest absolute Gasteiger partial charge is 0.335 e. The van der Waals surface area contributed by atoms with Crippen molar-refractivity contribution in [1.29, 1.82) is 0 Å². The highest BCUT2D eigenvalue weighted by Crippen LogP contribution is 2.51. The lowest BCUT2D eigenvalue weighted by Gasteiger charge is -2.34. The summed E-state index contributed by atoms with van der Waals surface area (Å²) < 4.78 is 11.1. The fourth-order valence-electron chi connectivity index (χ4n) is 3.72. The Morgan fingerprint density at radius 1 is 1.06 bits per heavy atom. The molecule has 0 saturated carbocycles. The van der Waals surface area contributed by atoms with Gasteiger partial charge in [0.2, 0.25) is 0 Å². The molecule has 2 aromatic carbocycles. The number of halogens is 4. The molecule has 0 aliphatic carbocycles. The molecule has 0 aromatic heterocycles. The quantitative estimate of drug-likeness (QED) is 0.449. The first kappa shape index (κ1) is 27.2. The second-order valence-electron chi connectivity index (χ2n) is 6.78. The molecule has 0 spiro atoms. The van der Waals surface area contributed by atoms with Crippen LogP contribution in [0.1, 0.15) is 24.1 Å². The molecule has 0 radical (unpaired) electrons. The van der Waals surface area contributed by atoms with Crippen LogP contribution in [-0.2, 0) is 4.79 Å². The van der Waals surface area contributed by atoms with Gasteiger partial charge in [0.15, 0.2) is 5.17 Å². The zero-order chi connectivity index (χ0) is 22.3. The minimum absolute atomic E-state index is 0. The average Bonchev–Trinajstić information content (AvgIpc) is 3.14. The van der Waals surface area contributed by atoms with Gasteiger partial charge >= 0.3 is 5.97 Å². The highest BCUT2D eigenvalue weighted by atomic mass is 35.5. The third-order valence-corrected chi connectivity index (χ3v) is 6.71. The predicted octanol–water partition coefficient (Wildman–Crippen LogP) is 6.67. The molecule has 2 aromatic rings. The lowest BCUT2D eigenvalue weighted by atomic mass is 9.93. The average molecular weight is 550 g/mol. The van der Waals surface area contributed by atoms with E-state index < -0.39 is 12.0 Å². The van der Waals surface area contributed by atoms with E-state index in [1.54, 1.807) is 48.2 Å². The Kier molecular flexibility index (Phi) is 9.01. The third kappa shape index (κ3) is 4.79. The molecular formula is C22H20Cl4N2O4S. The standard InChI is InChI=1S/C22H18Cl2N2O4S.2ClH/c1-11-17(21(27)28)20(19-14(29-2)8-5-9-15(19)30-3)26-10-16(31-22(26)25-11)18-12(23)6-4-7-13(18)24;;/h4-10,20H,1-3H3,(H,27,28);2*1H/t20-;;/m0../s1. The molecule has 1 atom stereocenters. The summed E-state index contributed by atoms with van der Waals surface area (Å²) in [6, 6.07) is 9.91.